The van der Waals surface area contributed by atoms with E-state index in [0.29, 0.717) is 11.5 Å². The molecule has 6 nitrogen and oxygen atoms in total. The average Bonchev–Trinajstić information content (AvgIpc) is 3.12. The lowest BCUT2D eigenvalue weighted by Gasteiger charge is -1.96. The van der Waals surface area contributed by atoms with Gasteiger partial charge in [0.25, 0.3) is 0 Å². The Morgan fingerprint density at radius 1 is 1.17 bits per heavy atom. The van der Waals surface area contributed by atoms with Gasteiger partial charge in [-0.15, -0.1) is 0 Å². The van der Waals surface area contributed by atoms with E-state index in [-0.39, 0.29) is 17.1 Å². The van der Waals surface area contributed by atoms with Crippen LogP contribution in [-0.4, -0.2) is 10.1 Å². The van der Waals surface area contributed by atoms with Gasteiger partial charge in [-0.25, -0.2) is 0 Å². The number of nitrogens with zero attached hydrogens (tertiary/aromatic N) is 2. The van der Waals surface area contributed by atoms with Gasteiger partial charge in [-0.1, -0.05) is 33.2 Å². The highest BCUT2D eigenvalue weighted by atomic mass is 79.9. The summed E-state index contributed by atoms with van der Waals surface area (Å²) in [7, 11) is 0. The minimum absolute atomic E-state index is 0.0918. The summed E-state index contributed by atoms with van der Waals surface area (Å²) in [6.07, 6.45) is 3.08. The molecule has 0 aliphatic carbocycles. The van der Waals surface area contributed by atoms with Crippen molar-refractivity contribution in [2.24, 2.45) is 0 Å². The fraction of sp³-hybridized carbons (Fsp3) is 0.0625. The second-order valence-electron chi connectivity index (χ2n) is 4.78. The smallest absolute Gasteiger partial charge is 0.338 e. The summed E-state index contributed by atoms with van der Waals surface area (Å²) in [6, 6.07) is 11.3. The maximum absolute atomic E-state index is 11.0. The van der Waals surface area contributed by atoms with Gasteiger partial charge < -0.3 is 8.94 Å². The summed E-state index contributed by atoms with van der Waals surface area (Å²) < 4.78 is 11.6. The van der Waals surface area contributed by atoms with Gasteiger partial charge in [0, 0.05) is 10.0 Å². The first-order valence-electron chi connectivity index (χ1n) is 6.69. The molecule has 0 spiro atoms. The van der Waals surface area contributed by atoms with Crippen LogP contribution in [0.3, 0.4) is 0 Å². The molecule has 2 heterocycles. The maximum atomic E-state index is 11.0. The summed E-state index contributed by atoms with van der Waals surface area (Å²) in [5.74, 6) is 1.36. The first kappa shape index (κ1) is 15.2. The van der Waals surface area contributed by atoms with Gasteiger partial charge in [0.15, 0.2) is 5.69 Å². The summed E-state index contributed by atoms with van der Waals surface area (Å²) in [5.41, 5.74) is 1.04. The van der Waals surface area contributed by atoms with Crippen molar-refractivity contribution >= 4 is 33.8 Å². The molecule has 0 unspecified atom stereocenters. The van der Waals surface area contributed by atoms with Gasteiger partial charge in [-0.2, -0.15) is 0 Å². The predicted octanol–water partition coefficient (Wildman–Crippen LogP) is 5.08. The van der Waals surface area contributed by atoms with Crippen LogP contribution < -0.4 is 0 Å². The monoisotopic (exact) mass is 374 g/mol. The quantitative estimate of drug-likeness (QED) is 0.469. The minimum Gasteiger partial charge on any atom is -0.457 e. The number of rotatable bonds is 4. The van der Waals surface area contributed by atoms with E-state index < -0.39 is 4.92 Å². The molecule has 3 rings (SSSR count). The number of aryl methyl sites for hydroxylation is 1. The molecule has 0 saturated carbocycles. The van der Waals surface area contributed by atoms with Crippen LogP contribution in [0.1, 0.15) is 17.2 Å². The lowest BCUT2D eigenvalue weighted by molar-refractivity contribution is -0.386. The van der Waals surface area contributed by atoms with E-state index in [1.54, 1.807) is 12.1 Å². The van der Waals surface area contributed by atoms with Crippen LogP contribution in [0.25, 0.3) is 23.5 Å². The summed E-state index contributed by atoms with van der Waals surface area (Å²) in [4.78, 5) is 10.5. The molecule has 7 heteroatoms. The van der Waals surface area contributed by atoms with Crippen molar-refractivity contribution in [2.45, 2.75) is 6.92 Å². The number of hydrogen-bond acceptors (Lipinski definition) is 5. The molecule has 0 amide bonds. The molecular formula is C16H11BrN2O4. The first-order valence-corrected chi connectivity index (χ1v) is 7.48. The van der Waals surface area contributed by atoms with Crippen molar-refractivity contribution in [3.63, 3.8) is 0 Å². The molecule has 3 aromatic rings. The Hall–Kier alpha value is -2.67. The molecule has 0 saturated heterocycles. The van der Waals surface area contributed by atoms with E-state index in [4.69, 9.17) is 8.94 Å². The van der Waals surface area contributed by atoms with E-state index >= 15 is 0 Å². The van der Waals surface area contributed by atoms with Crippen molar-refractivity contribution < 1.29 is 13.9 Å². The molecule has 0 aliphatic heterocycles. The third-order valence-electron chi connectivity index (χ3n) is 3.19. The average molecular weight is 375 g/mol. The largest absolute Gasteiger partial charge is 0.457 e. The van der Waals surface area contributed by atoms with Crippen molar-refractivity contribution in [2.75, 3.05) is 0 Å². The Kier molecular flexibility index (Phi) is 4.12. The van der Waals surface area contributed by atoms with Crippen LogP contribution in [0.5, 0.6) is 0 Å². The van der Waals surface area contributed by atoms with Gasteiger partial charge in [-0.3, -0.25) is 10.1 Å². The highest BCUT2D eigenvalue weighted by Crippen LogP contribution is 2.27. The molecule has 23 heavy (non-hydrogen) atoms. The van der Waals surface area contributed by atoms with Crippen LogP contribution in [0.2, 0.25) is 0 Å². The number of halogens is 1. The van der Waals surface area contributed by atoms with Crippen molar-refractivity contribution in [3.05, 3.63) is 68.2 Å². The highest BCUT2D eigenvalue weighted by molar-refractivity contribution is 9.10. The summed E-state index contributed by atoms with van der Waals surface area (Å²) in [5, 5.41) is 14.6. The molecule has 0 fully saturated rings. The molecule has 0 radical (unpaired) electrons. The van der Waals surface area contributed by atoms with Gasteiger partial charge in [0.05, 0.1) is 4.92 Å². The minimum atomic E-state index is -0.513. The zero-order valence-electron chi connectivity index (χ0n) is 12.0. The van der Waals surface area contributed by atoms with Gasteiger partial charge in [0.2, 0.25) is 5.76 Å². The normalized spacial score (nSPS) is 11.2. The van der Waals surface area contributed by atoms with Crippen LogP contribution in [-0.2, 0) is 0 Å². The van der Waals surface area contributed by atoms with Gasteiger partial charge >= 0.3 is 5.69 Å². The van der Waals surface area contributed by atoms with E-state index in [0.717, 1.165) is 10.0 Å². The number of nitro groups is 1. The van der Waals surface area contributed by atoms with E-state index in [1.165, 1.54) is 13.0 Å². The second-order valence-corrected chi connectivity index (χ2v) is 5.70. The second kappa shape index (κ2) is 6.21. The van der Waals surface area contributed by atoms with Gasteiger partial charge in [0.1, 0.15) is 11.5 Å². The molecule has 0 bridgehead atoms. The number of furan rings is 1. The Labute approximate surface area is 139 Å². The third-order valence-corrected chi connectivity index (χ3v) is 3.72. The van der Waals surface area contributed by atoms with Crippen molar-refractivity contribution in [1.82, 2.24) is 5.16 Å². The predicted molar refractivity (Wildman–Crippen MR) is 88.7 cm³/mol. The summed E-state index contributed by atoms with van der Waals surface area (Å²) >= 11 is 3.38. The van der Waals surface area contributed by atoms with E-state index in [9.17, 15) is 10.1 Å². The zero-order valence-corrected chi connectivity index (χ0v) is 13.6. The molecular weight excluding hydrogens is 364 g/mol. The molecule has 116 valence electrons. The van der Waals surface area contributed by atoms with Crippen LogP contribution in [0.4, 0.5) is 5.69 Å². The van der Waals surface area contributed by atoms with Gasteiger partial charge in [-0.05, 0) is 43.3 Å². The maximum Gasteiger partial charge on any atom is 0.338 e. The Balaban J connectivity index is 1.84. The van der Waals surface area contributed by atoms with Crippen molar-refractivity contribution in [1.29, 1.82) is 0 Å². The lowest BCUT2D eigenvalue weighted by Crippen LogP contribution is -1.89. The zero-order chi connectivity index (χ0) is 16.4. The fourth-order valence-corrected chi connectivity index (χ4v) is 2.35. The van der Waals surface area contributed by atoms with Crippen LogP contribution in [0, 0.1) is 17.0 Å². The van der Waals surface area contributed by atoms with Crippen LogP contribution in [0.15, 0.2) is 49.8 Å². The highest BCUT2D eigenvalue weighted by Gasteiger charge is 2.22. The Morgan fingerprint density at radius 3 is 2.61 bits per heavy atom. The van der Waals surface area contributed by atoms with Crippen molar-refractivity contribution in [3.8, 4) is 11.3 Å². The van der Waals surface area contributed by atoms with E-state index in [1.807, 2.05) is 30.3 Å². The topological polar surface area (TPSA) is 82.3 Å². The number of aromatic nitrogens is 1. The number of benzene rings is 1. The van der Waals surface area contributed by atoms with E-state index in [2.05, 4.69) is 21.1 Å². The molecule has 1 aromatic carbocycles. The van der Waals surface area contributed by atoms with Crippen LogP contribution >= 0.6 is 15.9 Å². The Morgan fingerprint density at radius 2 is 1.91 bits per heavy atom. The first-order chi connectivity index (χ1) is 11.0. The lowest BCUT2D eigenvalue weighted by atomic mass is 10.2. The summed E-state index contributed by atoms with van der Waals surface area (Å²) in [6.45, 7) is 1.53. The molecule has 0 atom stereocenters. The molecule has 0 N–H and O–H groups in total. The molecule has 2 aromatic heterocycles. The number of hydrogen-bond donors (Lipinski definition) is 0. The standard InChI is InChI=1S/C16H11BrN2O4/c1-10-16(19(20)21)15(23-18-10)9-7-13-6-8-14(22-13)11-2-4-12(17)5-3-11/h2-9H,1H3. The fourth-order valence-electron chi connectivity index (χ4n) is 2.08. The Bertz CT molecular complexity index is 878. The SMILES string of the molecule is Cc1noc(C=Cc2ccc(-c3ccc(Br)cc3)o2)c1[N+](=O)[O-]. The molecule has 0 aliphatic rings. The third kappa shape index (κ3) is 3.24.